The normalized spacial score (nSPS) is 8.17. The van der Waals surface area contributed by atoms with Gasteiger partial charge in [0.05, 0.1) is 10.6 Å². The predicted molar refractivity (Wildman–Crippen MR) is 58.1 cm³/mol. The van der Waals surface area contributed by atoms with Crippen LogP contribution in [0.5, 0.6) is 0 Å². The highest BCUT2D eigenvalue weighted by Crippen LogP contribution is 2.21. The summed E-state index contributed by atoms with van der Waals surface area (Å²) in [5.41, 5.74) is 6.26. The Morgan fingerprint density at radius 3 is 2.25 bits per heavy atom. The van der Waals surface area contributed by atoms with Gasteiger partial charge in [0.25, 0.3) is 0 Å². The van der Waals surface area contributed by atoms with Gasteiger partial charge in [-0.2, -0.15) is 0 Å². The zero-order valence-electron chi connectivity index (χ0n) is 7.50. The van der Waals surface area contributed by atoms with E-state index >= 15 is 0 Å². The van der Waals surface area contributed by atoms with Crippen molar-refractivity contribution in [2.24, 2.45) is 0 Å². The number of nitrogens with two attached hydrogens (primary N) is 1. The van der Waals surface area contributed by atoms with Gasteiger partial charge in [-0.15, -0.1) is 0 Å². The first-order valence-corrected chi connectivity index (χ1v) is 4.60. The van der Waals surface area contributed by atoms with Gasteiger partial charge < -0.3 is 5.73 Å². The summed E-state index contributed by atoms with van der Waals surface area (Å²) in [5, 5.41) is 0.560. The average Bonchev–Trinajstić information content (AvgIpc) is 2.49. The maximum atomic E-state index is 5.44. The van der Waals surface area contributed by atoms with Gasteiger partial charge in [-0.25, -0.2) is 4.98 Å². The summed E-state index contributed by atoms with van der Waals surface area (Å²) >= 11 is 1.42. The lowest BCUT2D eigenvalue weighted by molar-refractivity contribution is 1.38. The first-order valence-electron chi connectivity index (χ1n) is 3.79. The Kier molecular flexibility index (Phi) is 5.04. The molecule has 2 nitrogen and oxygen atoms in total. The molecule has 1 rings (SSSR count). The maximum absolute atomic E-state index is 5.44. The quantitative estimate of drug-likeness (QED) is 0.763. The number of rotatable bonds is 2. The molecule has 0 saturated heterocycles. The van der Waals surface area contributed by atoms with Crippen molar-refractivity contribution in [2.75, 3.05) is 5.73 Å². The zero-order chi connectivity index (χ0) is 9.56. The third-order valence-electron chi connectivity index (χ3n) is 1.08. The summed E-state index contributed by atoms with van der Waals surface area (Å²) in [6.07, 6.45) is 3.40. The van der Waals surface area contributed by atoms with E-state index in [1.807, 2.05) is 13.8 Å². The Bertz CT molecular complexity index is 238. The molecule has 0 saturated carbocycles. The fraction of sp³-hybridized carbons (Fsp3) is 0.222. The summed E-state index contributed by atoms with van der Waals surface area (Å²) in [7, 11) is 0. The lowest BCUT2D eigenvalue weighted by Crippen LogP contribution is -1.80. The van der Waals surface area contributed by atoms with Crippen LogP contribution in [0.15, 0.2) is 13.2 Å². The number of nitrogen functional groups attached to an aromatic ring is 1. The van der Waals surface area contributed by atoms with Crippen LogP contribution in [0.2, 0.25) is 0 Å². The van der Waals surface area contributed by atoms with E-state index in [9.17, 15) is 0 Å². The molecule has 1 aromatic rings. The van der Waals surface area contributed by atoms with Crippen molar-refractivity contribution in [3.63, 3.8) is 0 Å². The van der Waals surface area contributed by atoms with E-state index in [1.54, 1.807) is 12.2 Å². The summed E-state index contributed by atoms with van der Waals surface area (Å²) in [6.45, 7) is 11.2. The van der Waals surface area contributed by atoms with E-state index in [4.69, 9.17) is 5.73 Å². The lowest BCUT2D eigenvalue weighted by atomic mass is 10.3. The van der Waals surface area contributed by atoms with Crippen LogP contribution in [-0.4, -0.2) is 4.98 Å². The van der Waals surface area contributed by atoms with Crippen molar-refractivity contribution in [1.82, 2.24) is 4.98 Å². The molecule has 66 valence electrons. The second-order valence-corrected chi connectivity index (χ2v) is 2.77. The van der Waals surface area contributed by atoms with Crippen molar-refractivity contribution in [1.29, 1.82) is 0 Å². The number of nitrogens with zero attached hydrogens (tertiary/aromatic N) is 1. The van der Waals surface area contributed by atoms with Crippen LogP contribution in [0.3, 0.4) is 0 Å². The second kappa shape index (κ2) is 5.55. The number of hydrogen-bond donors (Lipinski definition) is 1. The first kappa shape index (κ1) is 10.9. The fourth-order valence-electron chi connectivity index (χ4n) is 0.654. The molecule has 0 bridgehead atoms. The minimum Gasteiger partial charge on any atom is -0.375 e. The number of hydrogen-bond acceptors (Lipinski definition) is 3. The summed E-state index contributed by atoms with van der Waals surface area (Å²) in [6, 6.07) is 0. The minimum atomic E-state index is 0.560. The predicted octanol–water partition coefficient (Wildman–Crippen LogP) is 3.04. The van der Waals surface area contributed by atoms with Gasteiger partial charge in [-0.1, -0.05) is 38.3 Å². The molecular formula is C9H14N2S. The molecule has 1 heterocycles. The Labute approximate surface area is 77.4 Å². The van der Waals surface area contributed by atoms with Crippen molar-refractivity contribution < 1.29 is 0 Å². The minimum absolute atomic E-state index is 0.560. The standard InChI is InChI=1S/C7H8N2S.C2H6/c1-3-5-6(4-2)10-7(8)9-5;1-2/h3-4H,1-2H2,(H2,8,9);1-2H3. The molecule has 0 radical (unpaired) electrons. The fourth-order valence-corrected chi connectivity index (χ4v) is 1.34. The molecule has 0 atom stereocenters. The molecule has 0 fully saturated rings. The van der Waals surface area contributed by atoms with Gasteiger partial charge in [0.2, 0.25) is 0 Å². The second-order valence-electron chi connectivity index (χ2n) is 1.71. The van der Waals surface area contributed by atoms with E-state index in [0.29, 0.717) is 5.13 Å². The van der Waals surface area contributed by atoms with Crippen molar-refractivity contribution in [3.05, 3.63) is 23.7 Å². The molecule has 0 aliphatic heterocycles. The lowest BCUT2D eigenvalue weighted by Gasteiger charge is -1.82. The molecule has 0 spiro atoms. The van der Waals surface area contributed by atoms with Gasteiger partial charge >= 0.3 is 0 Å². The van der Waals surface area contributed by atoms with E-state index in [2.05, 4.69) is 18.1 Å². The van der Waals surface area contributed by atoms with Gasteiger partial charge in [0.1, 0.15) is 0 Å². The molecular weight excluding hydrogens is 168 g/mol. The van der Waals surface area contributed by atoms with E-state index in [-0.39, 0.29) is 0 Å². The van der Waals surface area contributed by atoms with Gasteiger partial charge in [0, 0.05) is 0 Å². The number of aromatic nitrogens is 1. The smallest absolute Gasteiger partial charge is 0.181 e. The Morgan fingerprint density at radius 1 is 1.33 bits per heavy atom. The summed E-state index contributed by atoms with van der Waals surface area (Å²) in [4.78, 5) is 4.99. The number of thiazole rings is 1. The molecule has 0 aliphatic rings. The highest BCUT2D eigenvalue weighted by Gasteiger charge is 2.00. The van der Waals surface area contributed by atoms with Gasteiger partial charge in [-0.05, 0) is 12.2 Å². The molecule has 0 amide bonds. The maximum Gasteiger partial charge on any atom is 0.181 e. The Hall–Kier alpha value is -1.09. The third-order valence-corrected chi connectivity index (χ3v) is 1.97. The highest BCUT2D eigenvalue weighted by atomic mass is 32.1. The van der Waals surface area contributed by atoms with Crippen LogP contribution in [-0.2, 0) is 0 Å². The molecule has 1 aromatic heterocycles. The molecule has 0 aromatic carbocycles. The highest BCUT2D eigenvalue weighted by molar-refractivity contribution is 7.16. The van der Waals surface area contributed by atoms with Crippen molar-refractivity contribution in [3.8, 4) is 0 Å². The van der Waals surface area contributed by atoms with Crippen LogP contribution < -0.4 is 5.73 Å². The number of anilines is 1. The first-order chi connectivity index (χ1) is 5.77. The molecule has 12 heavy (non-hydrogen) atoms. The third kappa shape index (κ3) is 2.51. The zero-order valence-corrected chi connectivity index (χ0v) is 8.32. The van der Waals surface area contributed by atoms with Crippen LogP contribution in [0.4, 0.5) is 5.13 Å². The van der Waals surface area contributed by atoms with Crippen LogP contribution in [0, 0.1) is 0 Å². The van der Waals surface area contributed by atoms with Crippen LogP contribution in [0.1, 0.15) is 24.4 Å². The summed E-state index contributed by atoms with van der Waals surface area (Å²) in [5.74, 6) is 0. The Morgan fingerprint density at radius 2 is 1.92 bits per heavy atom. The molecule has 0 unspecified atom stereocenters. The SMILES string of the molecule is C=Cc1nc(N)sc1C=C.CC. The average molecular weight is 182 g/mol. The van der Waals surface area contributed by atoms with E-state index in [1.165, 1.54) is 11.3 Å². The topological polar surface area (TPSA) is 38.9 Å². The monoisotopic (exact) mass is 182 g/mol. The van der Waals surface area contributed by atoms with Crippen molar-refractivity contribution in [2.45, 2.75) is 13.8 Å². The largest absolute Gasteiger partial charge is 0.375 e. The Balaban J connectivity index is 0.000000561. The molecule has 0 aliphatic carbocycles. The van der Waals surface area contributed by atoms with Gasteiger partial charge in [0.15, 0.2) is 5.13 Å². The van der Waals surface area contributed by atoms with Gasteiger partial charge in [-0.3, -0.25) is 0 Å². The summed E-state index contributed by atoms with van der Waals surface area (Å²) < 4.78 is 0. The van der Waals surface area contributed by atoms with Crippen molar-refractivity contribution >= 4 is 28.6 Å². The van der Waals surface area contributed by atoms with Crippen LogP contribution in [0.25, 0.3) is 12.2 Å². The molecule has 2 N–H and O–H groups in total. The van der Waals surface area contributed by atoms with E-state index < -0.39 is 0 Å². The van der Waals surface area contributed by atoms with E-state index in [0.717, 1.165) is 10.6 Å². The van der Waals surface area contributed by atoms with Crippen LogP contribution >= 0.6 is 11.3 Å². The molecule has 3 heteroatoms.